The highest BCUT2D eigenvalue weighted by Crippen LogP contribution is 2.44. The van der Waals surface area contributed by atoms with Crippen LogP contribution >= 0.6 is 8.38 Å². The van der Waals surface area contributed by atoms with E-state index < -0.39 is 14.0 Å². The molecular weight excluding hydrogens is 291 g/mol. The third-order valence-corrected chi connectivity index (χ3v) is 4.27. The minimum Gasteiger partial charge on any atom is -0.497 e. The standard InChI is InChI=1S/C13H19O5P.C2H6/c1-15-11-7-5-6-10(8-11)9-12(13(14)16-2)19(17-3)18-4;1-2/h5-8,12H,9H2,1-4H3;1-2H3. The molecule has 1 aromatic carbocycles. The first-order chi connectivity index (χ1) is 10.2. The second kappa shape index (κ2) is 11.5. The molecule has 0 aliphatic carbocycles. The minimum absolute atomic E-state index is 0.336. The third-order valence-electron chi connectivity index (χ3n) is 2.65. The summed E-state index contributed by atoms with van der Waals surface area (Å²) in [4.78, 5) is 11.8. The first-order valence-corrected chi connectivity index (χ1v) is 7.99. The molecule has 0 N–H and O–H groups in total. The summed E-state index contributed by atoms with van der Waals surface area (Å²) in [6.07, 6.45) is 0.483. The molecule has 0 aliphatic heterocycles. The van der Waals surface area contributed by atoms with Crippen LogP contribution in [0.3, 0.4) is 0 Å². The molecule has 120 valence electrons. The Morgan fingerprint density at radius 1 is 1.14 bits per heavy atom. The second-order valence-corrected chi connectivity index (χ2v) is 5.67. The Hall–Kier alpha value is -1.16. The summed E-state index contributed by atoms with van der Waals surface area (Å²) in [7, 11) is 4.70. The molecule has 1 atom stereocenters. The Kier molecular flexibility index (Phi) is 10.9. The van der Waals surface area contributed by atoms with Crippen molar-refractivity contribution in [2.45, 2.75) is 25.9 Å². The van der Waals surface area contributed by atoms with Crippen molar-refractivity contribution in [2.24, 2.45) is 0 Å². The van der Waals surface area contributed by atoms with Crippen molar-refractivity contribution in [3.63, 3.8) is 0 Å². The van der Waals surface area contributed by atoms with Crippen molar-refractivity contribution in [2.75, 3.05) is 28.4 Å². The lowest BCUT2D eigenvalue weighted by molar-refractivity contribution is -0.140. The number of hydrogen-bond acceptors (Lipinski definition) is 5. The van der Waals surface area contributed by atoms with Crippen molar-refractivity contribution in [1.82, 2.24) is 0 Å². The van der Waals surface area contributed by atoms with Crippen LogP contribution in [-0.4, -0.2) is 40.1 Å². The van der Waals surface area contributed by atoms with Gasteiger partial charge in [0.2, 0.25) is 0 Å². The largest absolute Gasteiger partial charge is 0.497 e. The number of benzene rings is 1. The zero-order chi connectivity index (χ0) is 16.3. The highest BCUT2D eigenvalue weighted by molar-refractivity contribution is 7.49. The van der Waals surface area contributed by atoms with Gasteiger partial charge in [0.1, 0.15) is 11.4 Å². The van der Waals surface area contributed by atoms with Crippen LogP contribution in [-0.2, 0) is 25.0 Å². The number of methoxy groups -OCH3 is 2. The van der Waals surface area contributed by atoms with Crippen LogP contribution in [0.1, 0.15) is 19.4 Å². The van der Waals surface area contributed by atoms with Gasteiger partial charge in [0.05, 0.1) is 14.2 Å². The maximum absolute atomic E-state index is 11.8. The van der Waals surface area contributed by atoms with Gasteiger partial charge in [-0.25, -0.2) is 0 Å². The van der Waals surface area contributed by atoms with E-state index in [2.05, 4.69) is 0 Å². The normalized spacial score (nSPS) is 11.4. The molecule has 1 aromatic rings. The number of ether oxygens (including phenoxy) is 2. The van der Waals surface area contributed by atoms with Crippen LogP contribution in [0.25, 0.3) is 0 Å². The number of esters is 1. The average molecular weight is 316 g/mol. The molecule has 0 saturated heterocycles. The van der Waals surface area contributed by atoms with Crippen LogP contribution in [0.15, 0.2) is 24.3 Å². The zero-order valence-corrected chi connectivity index (χ0v) is 14.5. The van der Waals surface area contributed by atoms with Gasteiger partial charge in [0.25, 0.3) is 0 Å². The van der Waals surface area contributed by atoms with Crippen molar-refractivity contribution < 1.29 is 23.3 Å². The molecule has 0 aliphatic rings. The van der Waals surface area contributed by atoms with Crippen LogP contribution in [0.2, 0.25) is 0 Å². The smallest absolute Gasteiger partial charge is 0.318 e. The van der Waals surface area contributed by atoms with Gasteiger partial charge < -0.3 is 18.5 Å². The molecule has 0 saturated carbocycles. The maximum atomic E-state index is 11.8. The predicted octanol–water partition coefficient (Wildman–Crippen LogP) is 3.41. The molecule has 1 unspecified atom stereocenters. The van der Waals surface area contributed by atoms with Crippen molar-refractivity contribution >= 4 is 14.3 Å². The van der Waals surface area contributed by atoms with E-state index in [0.29, 0.717) is 6.42 Å². The molecule has 0 radical (unpaired) electrons. The fraction of sp³-hybridized carbons (Fsp3) is 0.533. The van der Waals surface area contributed by atoms with E-state index in [4.69, 9.17) is 18.5 Å². The Morgan fingerprint density at radius 3 is 2.24 bits per heavy atom. The quantitative estimate of drug-likeness (QED) is 0.570. The Morgan fingerprint density at radius 2 is 1.76 bits per heavy atom. The monoisotopic (exact) mass is 316 g/mol. The summed E-state index contributed by atoms with van der Waals surface area (Å²) >= 11 is 0. The zero-order valence-electron chi connectivity index (χ0n) is 13.6. The van der Waals surface area contributed by atoms with Gasteiger partial charge in [0.15, 0.2) is 8.38 Å². The van der Waals surface area contributed by atoms with E-state index in [0.717, 1.165) is 11.3 Å². The van der Waals surface area contributed by atoms with Crippen molar-refractivity contribution in [1.29, 1.82) is 0 Å². The molecule has 21 heavy (non-hydrogen) atoms. The lowest BCUT2D eigenvalue weighted by atomic mass is 10.1. The van der Waals surface area contributed by atoms with Gasteiger partial charge in [0, 0.05) is 14.2 Å². The summed E-state index contributed by atoms with van der Waals surface area (Å²) in [6, 6.07) is 7.54. The number of carbonyl (C=O) groups is 1. The first kappa shape index (κ1) is 19.8. The van der Waals surface area contributed by atoms with Gasteiger partial charge in [-0.1, -0.05) is 26.0 Å². The van der Waals surface area contributed by atoms with E-state index in [-0.39, 0.29) is 5.97 Å². The molecule has 0 aromatic heterocycles. The molecule has 0 bridgehead atoms. The van der Waals surface area contributed by atoms with Crippen LogP contribution in [0.4, 0.5) is 0 Å². The van der Waals surface area contributed by atoms with Crippen LogP contribution in [0, 0.1) is 0 Å². The van der Waals surface area contributed by atoms with Crippen molar-refractivity contribution in [3.8, 4) is 5.75 Å². The molecule has 0 spiro atoms. The molecule has 1 rings (SSSR count). The lowest BCUT2D eigenvalue weighted by Crippen LogP contribution is -2.24. The fourth-order valence-electron chi connectivity index (χ4n) is 1.73. The number of rotatable bonds is 7. The van der Waals surface area contributed by atoms with Gasteiger partial charge in [-0.05, 0) is 24.1 Å². The van der Waals surface area contributed by atoms with E-state index in [1.165, 1.54) is 21.3 Å². The topological polar surface area (TPSA) is 54.0 Å². The molecule has 6 heteroatoms. The van der Waals surface area contributed by atoms with E-state index >= 15 is 0 Å². The maximum Gasteiger partial charge on any atom is 0.318 e. The van der Waals surface area contributed by atoms with Gasteiger partial charge in [-0.3, -0.25) is 4.79 Å². The summed E-state index contributed by atoms with van der Waals surface area (Å²) in [5.74, 6) is 0.415. The minimum atomic E-state index is -1.32. The molecule has 0 fully saturated rings. The summed E-state index contributed by atoms with van der Waals surface area (Å²) < 4.78 is 20.4. The average Bonchev–Trinajstić information content (AvgIpc) is 2.56. The van der Waals surface area contributed by atoms with Crippen LogP contribution < -0.4 is 4.74 Å². The van der Waals surface area contributed by atoms with Crippen LogP contribution in [0.5, 0.6) is 5.75 Å². The SMILES string of the molecule is CC.COC(=O)C(Cc1cccc(OC)c1)P(OC)OC. The second-order valence-electron chi connectivity index (χ2n) is 3.75. The summed E-state index contributed by atoms with van der Waals surface area (Å²) in [5, 5.41) is 0. The molecule has 5 nitrogen and oxygen atoms in total. The first-order valence-electron chi connectivity index (χ1n) is 6.74. The fourth-order valence-corrected chi connectivity index (χ4v) is 3.03. The lowest BCUT2D eigenvalue weighted by Gasteiger charge is -2.21. The van der Waals surface area contributed by atoms with E-state index in [1.54, 1.807) is 7.11 Å². The molecule has 0 heterocycles. The van der Waals surface area contributed by atoms with Gasteiger partial charge in [-0.15, -0.1) is 0 Å². The number of carbonyl (C=O) groups excluding carboxylic acids is 1. The summed E-state index contributed by atoms with van der Waals surface area (Å²) in [5.41, 5.74) is 0.512. The summed E-state index contributed by atoms with van der Waals surface area (Å²) in [6.45, 7) is 4.00. The Balaban J connectivity index is 0.00000191. The predicted molar refractivity (Wildman–Crippen MR) is 84.8 cm³/mol. The highest BCUT2D eigenvalue weighted by Gasteiger charge is 2.30. The highest BCUT2D eigenvalue weighted by atomic mass is 31.2. The van der Waals surface area contributed by atoms with E-state index in [1.807, 2.05) is 38.1 Å². The molecular formula is C15H25O5P. The third kappa shape index (κ3) is 6.42. The Bertz CT molecular complexity index is 407. The van der Waals surface area contributed by atoms with Crippen molar-refractivity contribution in [3.05, 3.63) is 29.8 Å². The van der Waals surface area contributed by atoms with E-state index in [9.17, 15) is 4.79 Å². The van der Waals surface area contributed by atoms with Gasteiger partial charge >= 0.3 is 5.97 Å². The van der Waals surface area contributed by atoms with Gasteiger partial charge in [-0.2, -0.15) is 0 Å². The Labute approximate surface area is 128 Å². The molecule has 0 amide bonds. The number of hydrogen-bond donors (Lipinski definition) is 0.